The van der Waals surface area contributed by atoms with Crippen LogP contribution in [0.25, 0.3) is 11.1 Å². The van der Waals surface area contributed by atoms with Crippen LogP contribution in [0, 0.1) is 31.6 Å². The molecule has 1 N–H and O–H groups in total. The van der Waals surface area contributed by atoms with E-state index in [4.69, 9.17) is 19.6 Å². The van der Waals surface area contributed by atoms with E-state index in [-0.39, 0.29) is 11.8 Å². The van der Waals surface area contributed by atoms with Crippen molar-refractivity contribution in [1.29, 1.82) is 0 Å². The van der Waals surface area contributed by atoms with Gasteiger partial charge in [0.25, 0.3) is 0 Å². The lowest BCUT2D eigenvalue weighted by Crippen LogP contribution is -2.32. The van der Waals surface area contributed by atoms with Gasteiger partial charge in [0.15, 0.2) is 0 Å². The monoisotopic (exact) mass is 657 g/mol. The summed E-state index contributed by atoms with van der Waals surface area (Å²) >= 11 is 0. The van der Waals surface area contributed by atoms with E-state index in [1.807, 2.05) is 36.1 Å². The quantitative estimate of drug-likeness (QED) is 0.161. The predicted molar refractivity (Wildman–Crippen MR) is 192 cm³/mol. The van der Waals surface area contributed by atoms with Crippen LogP contribution >= 0.6 is 20.1 Å². The number of rotatable bonds is 17. The number of carbonyl (C=O) groups excluding carboxylic acids is 1. The number of nitrogens with zero attached hydrogens (tertiary/aromatic N) is 4. The fourth-order valence-electron chi connectivity index (χ4n) is 6.18. The molecule has 5 rings (SSSR count). The van der Waals surface area contributed by atoms with E-state index in [1.165, 1.54) is 25.7 Å². The van der Waals surface area contributed by atoms with E-state index in [9.17, 15) is 4.79 Å². The maximum atomic E-state index is 14.2. The number of carbonyl (C=O) groups is 1. The van der Waals surface area contributed by atoms with Crippen LogP contribution in [0.15, 0.2) is 36.7 Å². The Hall–Kier alpha value is -2.27. The van der Waals surface area contributed by atoms with Crippen molar-refractivity contribution in [2.45, 2.75) is 58.9 Å². The number of aryl methyl sites for hydroxylation is 1. The van der Waals surface area contributed by atoms with Crippen LogP contribution in [0.1, 0.15) is 48.8 Å². The molecule has 0 aliphatic heterocycles. The summed E-state index contributed by atoms with van der Waals surface area (Å²) in [5.41, 5.74) is 5.07. The molecule has 1 aromatic carbocycles. The van der Waals surface area contributed by atoms with Gasteiger partial charge in [0.05, 0.1) is 24.8 Å². The van der Waals surface area contributed by atoms with Crippen molar-refractivity contribution in [1.82, 2.24) is 19.3 Å². The Morgan fingerprint density at radius 1 is 0.911 bits per heavy atom. The highest BCUT2D eigenvalue weighted by Gasteiger charge is 2.49. The molecule has 1 unspecified atom stereocenters. The van der Waals surface area contributed by atoms with E-state index in [0.29, 0.717) is 31.2 Å². The van der Waals surface area contributed by atoms with E-state index in [2.05, 4.69) is 66.5 Å². The maximum absolute atomic E-state index is 14.2. The minimum absolute atomic E-state index is 0.0348. The Morgan fingerprint density at radius 2 is 1.49 bits per heavy atom. The van der Waals surface area contributed by atoms with E-state index in [0.717, 1.165) is 58.7 Å². The second-order valence-electron chi connectivity index (χ2n) is 14.8. The SMILES string of the molecule is Cc1nn(COCCS(C)(C)C)c(C)c1-c1ccc(NC(=O)C(c2nccn2COCCS(C)(C)C)C(C2CC2)C2CC2)cc1. The first-order valence-electron chi connectivity index (χ1n) is 16.2. The maximum Gasteiger partial charge on any atom is 0.235 e. The summed E-state index contributed by atoms with van der Waals surface area (Å²) < 4.78 is 16.1. The number of aromatic nitrogens is 4. The number of nitrogens with one attached hydrogen (secondary N) is 1. The normalized spacial score (nSPS) is 17.1. The molecule has 2 saturated carbocycles. The highest BCUT2D eigenvalue weighted by molar-refractivity contribution is 8.32. The van der Waals surface area contributed by atoms with E-state index < -0.39 is 20.1 Å². The molecule has 2 aliphatic carbocycles. The van der Waals surface area contributed by atoms with Crippen LogP contribution in [0.4, 0.5) is 5.69 Å². The lowest BCUT2D eigenvalue weighted by atomic mass is 9.82. The summed E-state index contributed by atoms with van der Waals surface area (Å²) in [5.74, 6) is 4.26. The third-order valence-corrected chi connectivity index (χ3v) is 11.8. The molecule has 250 valence electrons. The molecule has 2 heterocycles. The van der Waals surface area contributed by atoms with E-state index >= 15 is 0 Å². The van der Waals surface area contributed by atoms with Crippen molar-refractivity contribution in [3.05, 3.63) is 53.9 Å². The number of hydrogen-bond acceptors (Lipinski definition) is 5. The lowest BCUT2D eigenvalue weighted by molar-refractivity contribution is -0.119. The number of hydrogen-bond donors (Lipinski definition) is 1. The molecule has 0 saturated heterocycles. The highest BCUT2D eigenvalue weighted by Crippen LogP contribution is 2.55. The Labute approximate surface area is 273 Å². The summed E-state index contributed by atoms with van der Waals surface area (Å²) in [6, 6.07) is 8.19. The van der Waals surface area contributed by atoms with Gasteiger partial charge in [0, 0.05) is 40.8 Å². The number of benzene rings is 1. The summed E-state index contributed by atoms with van der Waals surface area (Å²) in [6.07, 6.45) is 22.5. The van der Waals surface area contributed by atoms with Crippen molar-refractivity contribution in [2.24, 2.45) is 17.8 Å². The van der Waals surface area contributed by atoms with Crippen molar-refractivity contribution >= 4 is 31.7 Å². The highest BCUT2D eigenvalue weighted by atomic mass is 32.3. The average molecular weight is 658 g/mol. The smallest absolute Gasteiger partial charge is 0.235 e. The van der Waals surface area contributed by atoms with Gasteiger partial charge in [0.2, 0.25) is 5.91 Å². The third kappa shape index (κ3) is 9.40. The van der Waals surface area contributed by atoms with Gasteiger partial charge < -0.3 is 19.4 Å². The van der Waals surface area contributed by atoms with Gasteiger partial charge in [0.1, 0.15) is 19.3 Å². The number of anilines is 1. The first-order chi connectivity index (χ1) is 21.3. The zero-order valence-corrected chi connectivity index (χ0v) is 30.3. The summed E-state index contributed by atoms with van der Waals surface area (Å²) in [4.78, 5) is 18.9. The predicted octanol–water partition coefficient (Wildman–Crippen LogP) is 6.86. The third-order valence-electron chi connectivity index (χ3n) is 8.97. The van der Waals surface area contributed by atoms with Gasteiger partial charge in [-0.3, -0.25) is 4.79 Å². The second-order valence-corrected chi connectivity index (χ2v) is 23.9. The molecule has 0 spiro atoms. The fraction of sp³-hybridized carbons (Fsp3) is 0.629. The topological polar surface area (TPSA) is 83.2 Å². The van der Waals surface area contributed by atoms with Crippen LogP contribution in [0.5, 0.6) is 0 Å². The zero-order valence-electron chi connectivity index (χ0n) is 28.7. The Bertz CT molecular complexity index is 1420. The van der Waals surface area contributed by atoms with E-state index in [1.54, 1.807) is 0 Å². The number of ether oxygens (including phenoxy) is 2. The molecule has 1 amide bonds. The first-order valence-corrected chi connectivity index (χ1v) is 22.3. The summed E-state index contributed by atoms with van der Waals surface area (Å²) in [5, 5.41) is 8.05. The molecule has 2 fully saturated rings. The van der Waals surface area contributed by atoms with Crippen LogP contribution in [-0.4, -0.2) is 87.5 Å². The Balaban J connectivity index is 1.29. The minimum atomic E-state index is -0.617. The van der Waals surface area contributed by atoms with Crippen LogP contribution in [0.3, 0.4) is 0 Å². The standard InChI is InChI=1S/C35H55N5O3S2/c1-25-31(26(2)40(38-25)24-43-20-22-45(6,7)8)27-13-15-30(16-14-27)37-35(41)33(32(28-9-10-28)29-11-12-29)34-36-17-18-39(34)23-42-19-21-44(3,4)5/h13-18,28-29,32-33H,9-12,19-24H2,1-8H3,(H,37,41). The van der Waals surface area contributed by atoms with Crippen molar-refractivity contribution in [2.75, 3.05) is 67.6 Å². The van der Waals surface area contributed by atoms with Gasteiger partial charge in [-0.05, 0) is 113 Å². The second kappa shape index (κ2) is 14.2. The minimum Gasteiger partial charge on any atom is -0.360 e. The number of amides is 1. The molecule has 45 heavy (non-hydrogen) atoms. The molecular formula is C35H55N5O3S2. The van der Waals surface area contributed by atoms with Crippen LogP contribution in [-0.2, 0) is 27.7 Å². The van der Waals surface area contributed by atoms with Crippen molar-refractivity contribution in [3.63, 3.8) is 0 Å². The van der Waals surface area contributed by atoms with Gasteiger partial charge >= 0.3 is 0 Å². The Morgan fingerprint density at radius 3 is 2.04 bits per heavy atom. The molecule has 2 aliphatic rings. The number of imidazole rings is 1. The Kier molecular flexibility index (Phi) is 10.8. The van der Waals surface area contributed by atoms with Crippen LogP contribution in [0.2, 0.25) is 0 Å². The first kappa shape index (κ1) is 34.1. The molecular weight excluding hydrogens is 603 g/mol. The molecule has 0 radical (unpaired) electrons. The van der Waals surface area contributed by atoms with Gasteiger partial charge in [-0.15, -0.1) is 0 Å². The molecule has 3 aromatic rings. The van der Waals surface area contributed by atoms with Gasteiger partial charge in [-0.25, -0.2) is 29.7 Å². The van der Waals surface area contributed by atoms with Gasteiger partial charge in [-0.1, -0.05) is 12.1 Å². The molecule has 1 atom stereocenters. The molecule has 10 heteroatoms. The zero-order chi connectivity index (χ0) is 32.4. The summed E-state index contributed by atoms with van der Waals surface area (Å²) in [6.45, 7) is 6.50. The molecule has 2 aromatic heterocycles. The largest absolute Gasteiger partial charge is 0.360 e. The molecule has 0 bridgehead atoms. The van der Waals surface area contributed by atoms with Gasteiger partial charge in [-0.2, -0.15) is 5.10 Å². The van der Waals surface area contributed by atoms with Crippen molar-refractivity contribution < 1.29 is 14.3 Å². The fourth-order valence-corrected chi connectivity index (χ4v) is 7.41. The molecule has 8 nitrogen and oxygen atoms in total. The van der Waals surface area contributed by atoms with Crippen molar-refractivity contribution in [3.8, 4) is 11.1 Å². The summed E-state index contributed by atoms with van der Waals surface area (Å²) in [7, 11) is -1.20. The van der Waals surface area contributed by atoms with Crippen LogP contribution < -0.4 is 5.32 Å². The lowest BCUT2D eigenvalue weighted by Gasteiger charge is -2.27. The average Bonchev–Trinajstić information content (AvgIpc) is 3.90.